The number of thioether (sulfide) groups is 1. The molecule has 0 fully saturated rings. The topological polar surface area (TPSA) is 63.5 Å². The quantitative estimate of drug-likeness (QED) is 0.249. The highest BCUT2D eigenvalue weighted by atomic mass is 32.2. The molecule has 166 valence electrons. The zero-order chi connectivity index (χ0) is 23.1. The fourth-order valence-electron chi connectivity index (χ4n) is 3.44. The van der Waals surface area contributed by atoms with Crippen molar-refractivity contribution in [1.82, 2.24) is 4.57 Å². The van der Waals surface area contributed by atoms with Crippen molar-refractivity contribution in [3.63, 3.8) is 0 Å². The van der Waals surface area contributed by atoms with E-state index in [1.54, 1.807) is 29.5 Å². The van der Waals surface area contributed by atoms with Gasteiger partial charge < -0.3 is 5.32 Å². The lowest BCUT2D eigenvalue weighted by atomic mass is 10.1. The Morgan fingerprint density at radius 1 is 1.28 bits per heavy atom. The van der Waals surface area contributed by atoms with E-state index in [0.717, 1.165) is 38.6 Å². The molecule has 1 N–H and O–H groups in total. The first-order chi connectivity index (χ1) is 15.5. The van der Waals surface area contributed by atoms with Gasteiger partial charge in [-0.3, -0.25) is 19.1 Å². The van der Waals surface area contributed by atoms with Crippen LogP contribution < -0.4 is 10.2 Å². The van der Waals surface area contributed by atoms with Crippen molar-refractivity contribution in [3.05, 3.63) is 82.5 Å². The molecule has 0 spiro atoms. The Kier molecular flexibility index (Phi) is 8.25. The number of aromatic nitrogens is 1. The highest BCUT2D eigenvalue weighted by Gasteiger charge is 2.17. The molecule has 1 heterocycles. The number of carbonyl (C=O) groups excluding carboxylic acids is 1. The summed E-state index contributed by atoms with van der Waals surface area (Å²) in [6.45, 7) is 7.75. The minimum Gasteiger partial charge on any atom is -0.326 e. The third-order valence-electron chi connectivity index (χ3n) is 4.97. The van der Waals surface area contributed by atoms with E-state index in [1.165, 1.54) is 4.90 Å². The van der Waals surface area contributed by atoms with Gasteiger partial charge in [-0.1, -0.05) is 49.1 Å². The number of nitrogens with one attached hydrogen (secondary N) is 1. The van der Waals surface area contributed by atoms with E-state index < -0.39 is 0 Å². The Bertz CT molecular complexity index is 1220. The van der Waals surface area contributed by atoms with Crippen LogP contribution in [0.4, 0.5) is 5.69 Å². The number of rotatable bonds is 9. The summed E-state index contributed by atoms with van der Waals surface area (Å²) in [5.41, 5.74) is 3.25. The highest BCUT2D eigenvalue weighted by molar-refractivity contribution is 7.99. The number of fused-ring (bicyclic) bond motifs is 1. The summed E-state index contributed by atoms with van der Waals surface area (Å²) < 4.78 is 2.56. The molecule has 7 heteroatoms. The van der Waals surface area contributed by atoms with Crippen LogP contribution in [-0.2, 0) is 11.2 Å². The first kappa shape index (κ1) is 23.8. The molecule has 1 amide bonds. The van der Waals surface area contributed by atoms with Crippen LogP contribution in [0.1, 0.15) is 25.5 Å². The molecule has 3 aromatic rings. The molecule has 0 bridgehead atoms. The Morgan fingerprint density at radius 2 is 2.03 bits per heavy atom. The van der Waals surface area contributed by atoms with E-state index in [2.05, 4.69) is 23.8 Å². The number of amides is 1. The van der Waals surface area contributed by atoms with Gasteiger partial charge in [0.25, 0.3) is 0 Å². The standard InChI is InChI=1S/C25H27N3O2S2/c1-5-7-8-21(26-4)17(3)28-22-14-11-19(16-23(22)32-25(28)30)27-24(29)15-18-9-12-20(13-10-18)31-6-2/h5,7-14,16-17H,1,6,15H2,2-4H3,(H,27,29)/b8-7-,26-21?. The molecule has 3 rings (SSSR count). The molecule has 0 saturated heterocycles. The van der Waals surface area contributed by atoms with Crippen molar-refractivity contribution >= 4 is 50.6 Å². The van der Waals surface area contributed by atoms with Crippen molar-refractivity contribution < 1.29 is 4.79 Å². The van der Waals surface area contributed by atoms with E-state index in [0.29, 0.717) is 12.1 Å². The predicted molar refractivity (Wildman–Crippen MR) is 139 cm³/mol. The fraction of sp³-hybridized carbons (Fsp3) is 0.240. The zero-order valence-corrected chi connectivity index (χ0v) is 20.1. The summed E-state index contributed by atoms with van der Waals surface area (Å²) in [5, 5.41) is 2.95. The number of anilines is 1. The average Bonchev–Trinajstić information content (AvgIpc) is 3.10. The maximum atomic E-state index is 12.7. The summed E-state index contributed by atoms with van der Waals surface area (Å²) in [5.74, 6) is 0.933. The molecule has 32 heavy (non-hydrogen) atoms. The lowest BCUT2D eigenvalue weighted by Gasteiger charge is -2.14. The van der Waals surface area contributed by atoms with Crippen LogP contribution in [0.3, 0.4) is 0 Å². The van der Waals surface area contributed by atoms with E-state index in [4.69, 9.17) is 0 Å². The maximum Gasteiger partial charge on any atom is 0.308 e. The summed E-state index contributed by atoms with van der Waals surface area (Å²) >= 11 is 2.94. The highest BCUT2D eigenvalue weighted by Crippen LogP contribution is 2.25. The number of allylic oxidation sites excluding steroid dienone is 3. The van der Waals surface area contributed by atoms with Crippen LogP contribution in [-0.4, -0.2) is 29.0 Å². The smallest absolute Gasteiger partial charge is 0.308 e. The van der Waals surface area contributed by atoms with Crippen LogP contribution in [0.25, 0.3) is 10.2 Å². The zero-order valence-electron chi connectivity index (χ0n) is 18.5. The second-order valence-corrected chi connectivity index (χ2v) is 9.47. The van der Waals surface area contributed by atoms with Gasteiger partial charge in [0.2, 0.25) is 5.91 Å². The largest absolute Gasteiger partial charge is 0.326 e. The summed E-state index contributed by atoms with van der Waals surface area (Å²) in [6, 6.07) is 13.4. The van der Waals surface area contributed by atoms with E-state index in [-0.39, 0.29) is 16.8 Å². The number of nitrogens with zero attached hydrogens (tertiary/aromatic N) is 2. The first-order valence-electron chi connectivity index (χ1n) is 10.4. The summed E-state index contributed by atoms with van der Waals surface area (Å²) in [7, 11) is 1.71. The van der Waals surface area contributed by atoms with Crippen LogP contribution in [0.2, 0.25) is 0 Å². The Labute approximate surface area is 196 Å². The van der Waals surface area contributed by atoms with Gasteiger partial charge in [0.05, 0.1) is 28.4 Å². The molecule has 0 aliphatic heterocycles. The van der Waals surface area contributed by atoms with E-state index >= 15 is 0 Å². The maximum absolute atomic E-state index is 12.7. The molecule has 1 atom stereocenters. The monoisotopic (exact) mass is 465 g/mol. The van der Waals surface area contributed by atoms with Crippen molar-refractivity contribution in [2.24, 2.45) is 4.99 Å². The third kappa shape index (κ3) is 5.66. The molecule has 1 unspecified atom stereocenters. The number of carbonyl (C=O) groups is 1. The Balaban J connectivity index is 1.77. The van der Waals surface area contributed by atoms with Gasteiger partial charge >= 0.3 is 4.87 Å². The summed E-state index contributed by atoms with van der Waals surface area (Å²) in [4.78, 5) is 30.7. The minimum absolute atomic E-state index is 0.0610. The number of aliphatic imine (C=N–C) groups is 1. The molecular weight excluding hydrogens is 438 g/mol. The van der Waals surface area contributed by atoms with E-state index in [9.17, 15) is 9.59 Å². The number of hydrogen-bond acceptors (Lipinski definition) is 5. The van der Waals surface area contributed by atoms with Crippen LogP contribution >= 0.6 is 23.1 Å². The lowest BCUT2D eigenvalue weighted by Crippen LogP contribution is -2.23. The minimum atomic E-state index is -0.216. The van der Waals surface area contributed by atoms with Gasteiger partial charge in [-0.05, 0) is 54.6 Å². The van der Waals surface area contributed by atoms with Crippen molar-refractivity contribution in [2.75, 3.05) is 18.1 Å². The lowest BCUT2D eigenvalue weighted by molar-refractivity contribution is -0.115. The molecule has 0 aliphatic rings. The Hall–Kier alpha value is -2.90. The van der Waals surface area contributed by atoms with Crippen molar-refractivity contribution in [2.45, 2.75) is 31.2 Å². The number of thiazole rings is 1. The van der Waals surface area contributed by atoms with Gasteiger partial charge in [0.15, 0.2) is 0 Å². The third-order valence-corrected chi connectivity index (χ3v) is 6.79. The van der Waals surface area contributed by atoms with E-state index in [1.807, 2.05) is 61.5 Å². The second-order valence-electron chi connectivity index (χ2n) is 7.14. The molecule has 1 aromatic heterocycles. The molecule has 2 aromatic carbocycles. The SMILES string of the molecule is C=C/C=C\C(=NC)C(C)n1c(=O)sc2cc(NC(=O)Cc3ccc(SCC)cc3)ccc21. The van der Waals surface area contributed by atoms with Crippen LogP contribution in [0, 0.1) is 0 Å². The van der Waals surface area contributed by atoms with Gasteiger partial charge in [-0.15, -0.1) is 11.8 Å². The van der Waals surface area contributed by atoms with Crippen LogP contribution in [0.15, 0.2) is 82.0 Å². The van der Waals surface area contributed by atoms with Crippen molar-refractivity contribution in [3.8, 4) is 0 Å². The van der Waals surface area contributed by atoms with Gasteiger partial charge in [-0.25, -0.2) is 0 Å². The second kappa shape index (κ2) is 11.1. The van der Waals surface area contributed by atoms with Gasteiger partial charge in [-0.2, -0.15) is 0 Å². The normalized spacial score (nSPS) is 12.9. The first-order valence-corrected chi connectivity index (χ1v) is 12.2. The molecule has 0 aliphatic carbocycles. The Morgan fingerprint density at radius 3 is 2.69 bits per heavy atom. The number of hydrogen-bond donors (Lipinski definition) is 1. The van der Waals surface area contributed by atoms with Crippen LogP contribution in [0.5, 0.6) is 0 Å². The summed E-state index contributed by atoms with van der Waals surface area (Å²) in [6.07, 6.45) is 5.65. The van der Waals surface area contributed by atoms with Crippen molar-refractivity contribution in [1.29, 1.82) is 0 Å². The fourth-order valence-corrected chi connectivity index (χ4v) is 5.10. The molecular formula is C25H27N3O2S2. The molecule has 0 radical (unpaired) electrons. The molecule has 0 saturated carbocycles. The average molecular weight is 466 g/mol. The number of benzene rings is 2. The van der Waals surface area contributed by atoms with Gasteiger partial charge in [0, 0.05) is 17.6 Å². The predicted octanol–water partition coefficient (Wildman–Crippen LogP) is 5.73. The van der Waals surface area contributed by atoms with Gasteiger partial charge in [0.1, 0.15) is 0 Å². The molecule has 5 nitrogen and oxygen atoms in total.